The van der Waals surface area contributed by atoms with Crippen molar-refractivity contribution in [3.05, 3.63) is 35.4 Å². The van der Waals surface area contributed by atoms with E-state index in [2.05, 4.69) is 28.1 Å². The fraction of sp³-hybridized carbons (Fsp3) is 0.609. The van der Waals surface area contributed by atoms with E-state index < -0.39 is 12.1 Å². The molecule has 3 rings (SSSR count). The topological polar surface area (TPSA) is 90.5 Å². The van der Waals surface area contributed by atoms with Gasteiger partial charge in [0.15, 0.2) is 0 Å². The predicted molar refractivity (Wildman–Crippen MR) is 116 cm³/mol. The molecule has 3 N–H and O–H groups in total. The predicted octanol–water partition coefficient (Wildman–Crippen LogP) is 1.53. The number of carbonyl (C=O) groups is 3. The van der Waals surface area contributed by atoms with Crippen LogP contribution in [0.3, 0.4) is 0 Å². The van der Waals surface area contributed by atoms with Crippen LogP contribution in [0.4, 0.5) is 0 Å². The highest BCUT2D eigenvalue weighted by molar-refractivity contribution is 5.93. The van der Waals surface area contributed by atoms with Gasteiger partial charge in [0.2, 0.25) is 17.7 Å². The lowest BCUT2D eigenvalue weighted by Crippen LogP contribution is -2.57. The molecule has 1 unspecified atom stereocenters. The number of aryl methyl sites for hydroxylation is 1. The van der Waals surface area contributed by atoms with Gasteiger partial charge in [0.25, 0.3) is 0 Å². The van der Waals surface area contributed by atoms with E-state index in [-0.39, 0.29) is 35.7 Å². The summed E-state index contributed by atoms with van der Waals surface area (Å²) >= 11 is 0. The van der Waals surface area contributed by atoms with Crippen LogP contribution in [0.15, 0.2) is 24.3 Å². The molecule has 0 bridgehead atoms. The smallest absolute Gasteiger partial charge is 0.246 e. The fourth-order valence-electron chi connectivity index (χ4n) is 4.38. The highest BCUT2D eigenvalue weighted by atomic mass is 16.2. The van der Waals surface area contributed by atoms with E-state index in [1.807, 2.05) is 26.0 Å². The Kier molecular flexibility index (Phi) is 7.13. The van der Waals surface area contributed by atoms with Gasteiger partial charge in [0, 0.05) is 6.54 Å². The van der Waals surface area contributed by atoms with Crippen molar-refractivity contribution in [2.24, 2.45) is 5.92 Å². The van der Waals surface area contributed by atoms with Crippen LogP contribution in [-0.2, 0) is 20.8 Å². The van der Waals surface area contributed by atoms with Crippen LogP contribution in [0.1, 0.15) is 57.2 Å². The second-order valence-corrected chi connectivity index (χ2v) is 8.73. The monoisotopic (exact) mass is 414 g/mol. The van der Waals surface area contributed by atoms with Crippen LogP contribution in [-0.4, -0.2) is 54.3 Å². The van der Waals surface area contributed by atoms with E-state index in [1.165, 1.54) is 11.1 Å². The zero-order valence-electron chi connectivity index (χ0n) is 18.4. The third-order valence-corrected chi connectivity index (χ3v) is 6.34. The maximum Gasteiger partial charge on any atom is 0.246 e. The highest BCUT2D eigenvalue weighted by Crippen LogP contribution is 2.31. The molecule has 3 amide bonds. The molecule has 1 aromatic carbocycles. The fourth-order valence-corrected chi connectivity index (χ4v) is 4.38. The lowest BCUT2D eigenvalue weighted by Gasteiger charge is -2.31. The van der Waals surface area contributed by atoms with E-state index in [4.69, 9.17) is 0 Å². The average Bonchev–Trinajstić information content (AvgIpc) is 3.38. The molecule has 0 aromatic heterocycles. The van der Waals surface area contributed by atoms with Gasteiger partial charge in [0.05, 0.1) is 12.1 Å². The van der Waals surface area contributed by atoms with E-state index in [1.54, 1.807) is 18.9 Å². The van der Waals surface area contributed by atoms with Gasteiger partial charge in [-0.05, 0) is 56.7 Å². The molecule has 1 heterocycles. The zero-order valence-corrected chi connectivity index (χ0v) is 18.4. The highest BCUT2D eigenvalue weighted by Gasteiger charge is 2.39. The van der Waals surface area contributed by atoms with Crippen LogP contribution < -0.4 is 16.0 Å². The number of hydrogen-bond donors (Lipinski definition) is 3. The Labute approximate surface area is 179 Å². The number of rotatable bonds is 7. The van der Waals surface area contributed by atoms with Gasteiger partial charge in [-0.15, -0.1) is 0 Å². The molecule has 30 heavy (non-hydrogen) atoms. The Morgan fingerprint density at radius 3 is 2.53 bits per heavy atom. The van der Waals surface area contributed by atoms with Gasteiger partial charge in [-0.25, -0.2) is 0 Å². The molecular weight excluding hydrogens is 380 g/mol. The summed E-state index contributed by atoms with van der Waals surface area (Å²) in [5, 5.41) is 8.92. The summed E-state index contributed by atoms with van der Waals surface area (Å²) in [6.07, 6.45) is 3.28. The van der Waals surface area contributed by atoms with Gasteiger partial charge in [-0.2, -0.15) is 0 Å². The van der Waals surface area contributed by atoms with Crippen LogP contribution in [0.5, 0.6) is 0 Å². The van der Waals surface area contributed by atoms with E-state index in [9.17, 15) is 14.4 Å². The first-order valence-electron chi connectivity index (χ1n) is 11.0. The first-order chi connectivity index (χ1) is 14.3. The van der Waals surface area contributed by atoms with Crippen molar-refractivity contribution in [2.75, 3.05) is 13.6 Å². The second-order valence-electron chi connectivity index (χ2n) is 8.73. The van der Waals surface area contributed by atoms with Crippen molar-refractivity contribution in [1.82, 2.24) is 20.9 Å². The summed E-state index contributed by atoms with van der Waals surface area (Å²) in [5.74, 6) is -0.560. The Bertz CT molecular complexity index is 794. The summed E-state index contributed by atoms with van der Waals surface area (Å²) in [7, 11) is 1.71. The van der Waals surface area contributed by atoms with Crippen molar-refractivity contribution >= 4 is 17.7 Å². The summed E-state index contributed by atoms with van der Waals surface area (Å²) in [4.78, 5) is 40.4. The molecule has 2 aliphatic rings. The second kappa shape index (κ2) is 9.60. The molecule has 0 spiro atoms. The number of hydrogen-bond acceptors (Lipinski definition) is 4. The van der Waals surface area contributed by atoms with Gasteiger partial charge in [0.1, 0.15) is 12.1 Å². The van der Waals surface area contributed by atoms with Crippen molar-refractivity contribution in [1.29, 1.82) is 0 Å². The summed E-state index contributed by atoms with van der Waals surface area (Å²) < 4.78 is 0. The van der Waals surface area contributed by atoms with E-state index in [0.29, 0.717) is 13.0 Å². The number of benzene rings is 1. The standard InChI is InChI=1S/C23H34N4O3/c1-14(2)20(26-21(28)15(3)24-4)23(30)27-13-7-10-19(27)22(29)25-18-12-11-16-8-5-6-9-17(16)18/h5-6,8-9,14-15,18-20,24H,7,10-13H2,1-4H3,(H,25,29)(H,26,28)/t15-,18?,19-,20-/m0/s1. The van der Waals surface area contributed by atoms with Crippen molar-refractivity contribution in [2.45, 2.75) is 70.6 Å². The molecule has 1 aliphatic heterocycles. The van der Waals surface area contributed by atoms with Crippen LogP contribution in [0.2, 0.25) is 0 Å². The molecule has 164 valence electrons. The minimum absolute atomic E-state index is 0.00308. The number of carbonyl (C=O) groups excluding carboxylic acids is 3. The van der Waals surface area contributed by atoms with Gasteiger partial charge in [-0.1, -0.05) is 38.1 Å². The third kappa shape index (κ3) is 4.67. The minimum atomic E-state index is -0.645. The zero-order chi connectivity index (χ0) is 21.8. The van der Waals surface area contributed by atoms with Crippen LogP contribution >= 0.6 is 0 Å². The first-order valence-corrected chi connectivity index (χ1v) is 11.0. The minimum Gasteiger partial charge on any atom is -0.347 e. The molecule has 1 fully saturated rings. The summed E-state index contributed by atoms with van der Waals surface area (Å²) in [6, 6.07) is 6.68. The largest absolute Gasteiger partial charge is 0.347 e. The lowest BCUT2D eigenvalue weighted by atomic mass is 10.0. The van der Waals surface area contributed by atoms with E-state index >= 15 is 0 Å². The van der Waals surface area contributed by atoms with Crippen molar-refractivity contribution in [3.8, 4) is 0 Å². The molecule has 7 heteroatoms. The molecule has 1 saturated heterocycles. The molecule has 0 radical (unpaired) electrons. The van der Waals surface area contributed by atoms with Gasteiger partial charge in [-0.3, -0.25) is 14.4 Å². The van der Waals surface area contributed by atoms with E-state index in [0.717, 1.165) is 19.3 Å². The molecule has 0 saturated carbocycles. The Balaban J connectivity index is 1.68. The maximum atomic E-state index is 13.3. The lowest BCUT2D eigenvalue weighted by molar-refractivity contribution is -0.142. The number of nitrogens with zero attached hydrogens (tertiary/aromatic N) is 1. The summed E-state index contributed by atoms with van der Waals surface area (Å²) in [6.45, 7) is 6.11. The Morgan fingerprint density at radius 1 is 1.10 bits per heavy atom. The van der Waals surface area contributed by atoms with Crippen molar-refractivity contribution < 1.29 is 14.4 Å². The molecule has 4 atom stereocenters. The first kappa shape index (κ1) is 22.3. The number of fused-ring (bicyclic) bond motifs is 1. The van der Waals surface area contributed by atoms with Crippen LogP contribution in [0.25, 0.3) is 0 Å². The Morgan fingerprint density at radius 2 is 1.83 bits per heavy atom. The SMILES string of the molecule is CN[C@@H](C)C(=O)N[C@H](C(=O)N1CCC[C@H]1C(=O)NC1CCc2ccccc21)C(C)C. The normalized spacial score (nSPS) is 22.5. The molecular formula is C23H34N4O3. The van der Waals surface area contributed by atoms with Gasteiger partial charge < -0.3 is 20.9 Å². The Hall–Kier alpha value is -2.41. The molecule has 1 aliphatic carbocycles. The molecule has 7 nitrogen and oxygen atoms in total. The maximum absolute atomic E-state index is 13.3. The summed E-state index contributed by atoms with van der Waals surface area (Å²) in [5.41, 5.74) is 2.46. The average molecular weight is 415 g/mol. The van der Waals surface area contributed by atoms with Gasteiger partial charge >= 0.3 is 0 Å². The van der Waals surface area contributed by atoms with Crippen LogP contribution in [0, 0.1) is 5.92 Å². The quantitative estimate of drug-likeness (QED) is 0.631. The third-order valence-electron chi connectivity index (χ3n) is 6.34. The number of likely N-dealkylation sites (N-methyl/N-ethyl adjacent to an activating group) is 1. The number of nitrogens with one attached hydrogen (secondary N) is 3. The molecule has 1 aromatic rings. The van der Waals surface area contributed by atoms with Crippen molar-refractivity contribution in [3.63, 3.8) is 0 Å². The number of likely N-dealkylation sites (tertiary alicyclic amines) is 1. The number of amides is 3.